The van der Waals surface area contributed by atoms with E-state index >= 15 is 0 Å². The van der Waals surface area contributed by atoms with Crippen LogP contribution in [0, 0.1) is 13.8 Å². The zero-order valence-electron chi connectivity index (χ0n) is 22.2. The third kappa shape index (κ3) is 5.36. The van der Waals surface area contributed by atoms with Gasteiger partial charge in [-0.1, -0.05) is 69.3 Å². The maximum absolute atomic E-state index is 13.2. The molecule has 0 amide bonds. The van der Waals surface area contributed by atoms with Crippen molar-refractivity contribution >= 4 is 21.7 Å². The Morgan fingerprint density at radius 2 is 1.61 bits per heavy atom. The molecule has 4 aromatic rings. The molecular weight excluding hydrogens is 496 g/mol. The number of aromatic nitrogens is 2. The van der Waals surface area contributed by atoms with Gasteiger partial charge in [0.05, 0.1) is 17.1 Å². The van der Waals surface area contributed by atoms with Crippen molar-refractivity contribution in [2.75, 3.05) is 16.6 Å². The molecule has 8 heteroatoms. The fraction of sp³-hybridized carbons (Fsp3) is 0.267. The molecule has 0 spiro atoms. The Bertz CT molecular complexity index is 1590. The normalized spacial score (nSPS) is 16.7. The summed E-state index contributed by atoms with van der Waals surface area (Å²) in [6.45, 7) is 10.9. The largest absolute Gasteiger partial charge is 0.467 e. The van der Waals surface area contributed by atoms with Crippen LogP contribution in [0.5, 0.6) is 5.88 Å². The number of benzene rings is 3. The summed E-state index contributed by atoms with van der Waals surface area (Å²) in [5.41, 5.74) is 6.38. The van der Waals surface area contributed by atoms with E-state index in [1.165, 1.54) is 5.56 Å². The van der Waals surface area contributed by atoms with Crippen LogP contribution in [0.25, 0.3) is 11.3 Å². The second-order valence-corrected chi connectivity index (χ2v) is 12.4. The van der Waals surface area contributed by atoms with E-state index in [-0.39, 0.29) is 22.1 Å². The van der Waals surface area contributed by atoms with Gasteiger partial charge in [-0.15, -0.1) is 0 Å². The van der Waals surface area contributed by atoms with E-state index in [1.807, 2.05) is 50.2 Å². The van der Waals surface area contributed by atoms with E-state index in [1.54, 1.807) is 24.3 Å². The van der Waals surface area contributed by atoms with Crippen LogP contribution in [0.3, 0.4) is 0 Å². The average Bonchev–Trinajstić information content (AvgIpc) is 2.85. The van der Waals surface area contributed by atoms with Crippen LogP contribution in [0.1, 0.15) is 49.1 Å². The molecule has 0 unspecified atom stereocenters. The van der Waals surface area contributed by atoms with Crippen LogP contribution < -0.4 is 14.8 Å². The third-order valence-electron chi connectivity index (χ3n) is 6.69. The van der Waals surface area contributed by atoms with Gasteiger partial charge in [-0.05, 0) is 59.7 Å². The molecule has 196 valence electrons. The highest BCUT2D eigenvalue weighted by Gasteiger charge is 2.23. The van der Waals surface area contributed by atoms with Gasteiger partial charge in [0, 0.05) is 17.3 Å². The molecule has 1 aliphatic heterocycles. The zero-order valence-corrected chi connectivity index (χ0v) is 23.1. The van der Waals surface area contributed by atoms with E-state index in [0.717, 1.165) is 22.3 Å². The van der Waals surface area contributed by atoms with Gasteiger partial charge in [0.1, 0.15) is 6.10 Å². The summed E-state index contributed by atoms with van der Waals surface area (Å²) >= 11 is 0. The first-order valence-corrected chi connectivity index (χ1v) is 14.1. The van der Waals surface area contributed by atoms with Crippen molar-refractivity contribution in [1.29, 1.82) is 0 Å². The highest BCUT2D eigenvalue weighted by atomic mass is 32.2. The van der Waals surface area contributed by atoms with Gasteiger partial charge in [0.25, 0.3) is 10.0 Å². The minimum Gasteiger partial charge on any atom is -0.467 e. The van der Waals surface area contributed by atoms with E-state index in [4.69, 9.17) is 4.74 Å². The Balaban J connectivity index is 1.68. The number of sulfonamides is 1. The fourth-order valence-electron chi connectivity index (χ4n) is 4.62. The maximum atomic E-state index is 13.2. The summed E-state index contributed by atoms with van der Waals surface area (Å²) in [6, 6.07) is 22.8. The van der Waals surface area contributed by atoms with Crippen molar-refractivity contribution in [1.82, 2.24) is 9.97 Å². The lowest BCUT2D eigenvalue weighted by Crippen LogP contribution is -2.22. The number of hydrogen-bond donors (Lipinski definition) is 2. The van der Waals surface area contributed by atoms with Gasteiger partial charge in [-0.2, -0.15) is 4.98 Å². The number of hydrogen-bond acceptors (Lipinski definition) is 6. The number of rotatable bonds is 2. The second kappa shape index (κ2) is 9.76. The van der Waals surface area contributed by atoms with Gasteiger partial charge in [-0.25, -0.2) is 18.1 Å². The van der Waals surface area contributed by atoms with Crippen LogP contribution in [-0.4, -0.2) is 24.9 Å². The van der Waals surface area contributed by atoms with E-state index in [2.05, 4.69) is 52.9 Å². The smallest absolute Gasteiger partial charge is 0.264 e. The molecule has 38 heavy (non-hydrogen) atoms. The quantitative estimate of drug-likeness (QED) is 0.313. The van der Waals surface area contributed by atoms with Crippen LogP contribution in [0.2, 0.25) is 0 Å². The molecule has 4 bridgehead atoms. The molecule has 0 radical (unpaired) electrons. The van der Waals surface area contributed by atoms with Gasteiger partial charge < -0.3 is 10.1 Å². The average molecular weight is 529 g/mol. The third-order valence-corrected chi connectivity index (χ3v) is 8.01. The topological polar surface area (TPSA) is 93.2 Å². The number of nitrogens with zero attached hydrogens (tertiary/aromatic N) is 2. The van der Waals surface area contributed by atoms with Crippen LogP contribution in [-0.2, 0) is 15.4 Å². The minimum atomic E-state index is -3.92. The van der Waals surface area contributed by atoms with Crippen molar-refractivity contribution in [3.63, 3.8) is 0 Å². The Labute approximate surface area is 224 Å². The van der Waals surface area contributed by atoms with Crippen molar-refractivity contribution in [3.05, 3.63) is 95.1 Å². The van der Waals surface area contributed by atoms with Gasteiger partial charge in [0.15, 0.2) is 0 Å². The summed E-state index contributed by atoms with van der Waals surface area (Å²) in [5, 5.41) is 3.36. The standard InChI is InChI=1S/C30H32N4O3S/c1-19-9-6-10-20(2)28(19)25-17-27-33-29(32-25)34-38(35,36)24-14-8-13-23(16-24)31-18-26(37-27)21-11-7-12-22(15-21)30(3,4)5/h6-17,26,31H,18H2,1-5H3,(H,32,33,34)/t26-/m1/s1. The number of fused-ring (bicyclic) bond motifs is 4. The number of ether oxygens (including phenoxy) is 1. The van der Waals surface area contributed by atoms with E-state index in [0.29, 0.717) is 17.9 Å². The Morgan fingerprint density at radius 1 is 0.895 bits per heavy atom. The first kappa shape index (κ1) is 25.7. The summed E-state index contributed by atoms with van der Waals surface area (Å²) in [7, 11) is -3.92. The maximum Gasteiger partial charge on any atom is 0.264 e. The van der Waals surface area contributed by atoms with Crippen LogP contribution >= 0.6 is 0 Å². The zero-order chi connectivity index (χ0) is 27.1. The molecule has 5 rings (SSSR count). The second-order valence-electron chi connectivity index (χ2n) is 10.7. The van der Waals surface area contributed by atoms with E-state index in [9.17, 15) is 8.42 Å². The Morgan fingerprint density at radius 3 is 2.34 bits per heavy atom. The predicted molar refractivity (Wildman–Crippen MR) is 151 cm³/mol. The molecule has 1 atom stereocenters. The molecule has 1 aliphatic rings. The molecule has 2 N–H and O–H groups in total. The van der Waals surface area contributed by atoms with Gasteiger partial charge in [-0.3, -0.25) is 0 Å². The fourth-order valence-corrected chi connectivity index (χ4v) is 5.61. The van der Waals surface area contributed by atoms with Crippen molar-refractivity contribution in [2.45, 2.75) is 51.0 Å². The van der Waals surface area contributed by atoms with Gasteiger partial charge in [0.2, 0.25) is 11.8 Å². The molecule has 0 fully saturated rings. The number of anilines is 2. The Hall–Kier alpha value is -3.91. The molecule has 0 saturated heterocycles. The van der Waals surface area contributed by atoms with Crippen molar-refractivity contribution in [3.8, 4) is 17.1 Å². The predicted octanol–water partition coefficient (Wildman–Crippen LogP) is 6.40. The summed E-state index contributed by atoms with van der Waals surface area (Å²) in [4.78, 5) is 9.21. The first-order chi connectivity index (χ1) is 18.0. The van der Waals surface area contributed by atoms with Crippen molar-refractivity contribution in [2.24, 2.45) is 0 Å². The summed E-state index contributed by atoms with van der Waals surface area (Å²) in [6.07, 6.45) is -0.398. The number of nitrogens with one attached hydrogen (secondary N) is 2. The van der Waals surface area contributed by atoms with E-state index < -0.39 is 16.1 Å². The molecule has 2 heterocycles. The van der Waals surface area contributed by atoms with Crippen LogP contribution in [0.15, 0.2) is 77.7 Å². The highest BCUT2D eigenvalue weighted by molar-refractivity contribution is 7.92. The number of aryl methyl sites for hydroxylation is 2. The molecule has 1 aromatic heterocycles. The Kier molecular flexibility index (Phi) is 6.61. The summed E-state index contributed by atoms with van der Waals surface area (Å²) in [5.74, 6) is 0.244. The minimum absolute atomic E-state index is 0.0287. The lowest BCUT2D eigenvalue weighted by molar-refractivity contribution is 0.210. The molecular formula is C30H32N4O3S. The SMILES string of the molecule is Cc1cccc(C)c1-c1cc2nc(n1)NS(=O)(=O)c1cccc(c1)NC[C@H](c1cccc(C(C)(C)C)c1)O2. The lowest BCUT2D eigenvalue weighted by Gasteiger charge is -2.25. The molecule has 7 nitrogen and oxygen atoms in total. The van der Waals surface area contributed by atoms with Crippen LogP contribution in [0.4, 0.5) is 11.6 Å². The monoisotopic (exact) mass is 528 g/mol. The summed E-state index contributed by atoms with van der Waals surface area (Å²) < 4.78 is 35.5. The molecule has 0 saturated carbocycles. The molecule has 3 aromatic carbocycles. The first-order valence-electron chi connectivity index (χ1n) is 12.6. The lowest BCUT2D eigenvalue weighted by atomic mass is 9.85. The van der Waals surface area contributed by atoms with Gasteiger partial charge >= 0.3 is 0 Å². The van der Waals surface area contributed by atoms with Crippen molar-refractivity contribution < 1.29 is 13.2 Å². The highest BCUT2D eigenvalue weighted by Crippen LogP contribution is 2.33. The molecule has 0 aliphatic carbocycles.